The maximum atomic E-state index is 12.2. The highest BCUT2D eigenvalue weighted by molar-refractivity contribution is 6.06. The number of benzene rings is 1. The zero-order valence-electron chi connectivity index (χ0n) is 12.2. The first-order chi connectivity index (χ1) is 10.1. The summed E-state index contributed by atoms with van der Waals surface area (Å²) >= 11 is 0. The van der Waals surface area contributed by atoms with Gasteiger partial charge in [0, 0.05) is 18.8 Å². The van der Waals surface area contributed by atoms with E-state index in [9.17, 15) is 10.1 Å². The molecular formula is C16H20N4O. The minimum absolute atomic E-state index is 0.0200. The fourth-order valence-electron chi connectivity index (χ4n) is 2.35. The number of hydrogen-bond acceptors (Lipinski definition) is 4. The number of anilines is 1. The summed E-state index contributed by atoms with van der Waals surface area (Å²) in [7, 11) is 0. The molecule has 0 aromatic heterocycles. The second-order valence-electron chi connectivity index (χ2n) is 5.36. The standard InChI is InChI=1S/C16H20N4O/c1-12-7-9-20(10-8-12)15(18)14(11-17)16(21)19-13-5-3-2-4-6-13/h2-6,12H,7-10,18H2,1H3,(H,19,21). The van der Waals surface area contributed by atoms with E-state index in [-0.39, 0.29) is 11.4 Å². The van der Waals surface area contributed by atoms with Gasteiger partial charge in [0.2, 0.25) is 0 Å². The van der Waals surface area contributed by atoms with Gasteiger partial charge in [-0.1, -0.05) is 25.1 Å². The molecule has 1 heterocycles. The Morgan fingerprint density at radius 1 is 1.33 bits per heavy atom. The molecule has 3 N–H and O–H groups in total. The van der Waals surface area contributed by atoms with Gasteiger partial charge in [0.15, 0.2) is 5.57 Å². The number of nitrogens with one attached hydrogen (secondary N) is 1. The number of likely N-dealkylation sites (tertiary alicyclic amines) is 1. The number of rotatable bonds is 3. The van der Waals surface area contributed by atoms with Crippen LogP contribution in [-0.2, 0) is 4.79 Å². The molecule has 1 aromatic carbocycles. The molecule has 1 aliphatic heterocycles. The zero-order valence-corrected chi connectivity index (χ0v) is 12.2. The molecule has 0 radical (unpaired) electrons. The predicted molar refractivity (Wildman–Crippen MR) is 81.9 cm³/mol. The maximum absolute atomic E-state index is 12.2. The quantitative estimate of drug-likeness (QED) is 0.657. The van der Waals surface area contributed by atoms with Crippen LogP contribution in [0.25, 0.3) is 0 Å². The van der Waals surface area contributed by atoms with Gasteiger partial charge in [-0.25, -0.2) is 0 Å². The van der Waals surface area contributed by atoms with Gasteiger partial charge in [0.1, 0.15) is 11.9 Å². The monoisotopic (exact) mass is 284 g/mol. The number of carbonyl (C=O) groups excluding carboxylic acids is 1. The van der Waals surface area contributed by atoms with Crippen LogP contribution in [0.1, 0.15) is 19.8 Å². The van der Waals surface area contributed by atoms with E-state index < -0.39 is 5.91 Å². The van der Waals surface area contributed by atoms with Crippen molar-refractivity contribution in [2.75, 3.05) is 18.4 Å². The Hall–Kier alpha value is -2.48. The van der Waals surface area contributed by atoms with Gasteiger partial charge < -0.3 is 16.0 Å². The molecule has 1 aromatic rings. The van der Waals surface area contributed by atoms with Crippen LogP contribution < -0.4 is 11.1 Å². The van der Waals surface area contributed by atoms with Crippen molar-refractivity contribution in [3.8, 4) is 6.07 Å². The number of nitrogens with two attached hydrogens (primary N) is 1. The first kappa shape index (κ1) is 14.9. The first-order valence-corrected chi connectivity index (χ1v) is 7.13. The van der Waals surface area contributed by atoms with Crippen molar-refractivity contribution in [3.63, 3.8) is 0 Å². The van der Waals surface area contributed by atoms with Gasteiger partial charge in [-0.2, -0.15) is 5.26 Å². The Morgan fingerprint density at radius 3 is 2.52 bits per heavy atom. The third kappa shape index (κ3) is 3.76. The SMILES string of the molecule is CC1CCN(C(N)=C(C#N)C(=O)Nc2ccccc2)CC1. The van der Waals surface area contributed by atoms with Gasteiger partial charge in [0.25, 0.3) is 5.91 Å². The molecule has 110 valence electrons. The summed E-state index contributed by atoms with van der Waals surface area (Å²) in [5.74, 6) is 0.482. The van der Waals surface area contributed by atoms with Crippen LogP contribution in [0.4, 0.5) is 5.69 Å². The highest BCUT2D eigenvalue weighted by atomic mass is 16.1. The second-order valence-corrected chi connectivity index (χ2v) is 5.36. The van der Waals surface area contributed by atoms with Crippen LogP contribution in [-0.4, -0.2) is 23.9 Å². The van der Waals surface area contributed by atoms with Gasteiger partial charge in [-0.05, 0) is 30.9 Å². The molecule has 1 aliphatic rings. The van der Waals surface area contributed by atoms with Gasteiger partial charge >= 0.3 is 0 Å². The van der Waals surface area contributed by atoms with Gasteiger partial charge in [0.05, 0.1) is 0 Å². The highest BCUT2D eigenvalue weighted by Crippen LogP contribution is 2.19. The van der Waals surface area contributed by atoms with E-state index >= 15 is 0 Å². The van der Waals surface area contributed by atoms with Crippen LogP contribution in [0, 0.1) is 17.2 Å². The van der Waals surface area contributed by atoms with E-state index in [0.717, 1.165) is 25.9 Å². The second kappa shape index (κ2) is 6.80. The molecule has 0 atom stereocenters. The van der Waals surface area contributed by atoms with Crippen molar-refractivity contribution in [2.24, 2.45) is 11.7 Å². The van der Waals surface area contributed by atoms with E-state index in [1.807, 2.05) is 29.2 Å². The van der Waals surface area contributed by atoms with Crippen LogP contribution in [0.2, 0.25) is 0 Å². The molecule has 2 rings (SSSR count). The maximum Gasteiger partial charge on any atom is 0.270 e. The van der Waals surface area contributed by atoms with Crippen molar-refractivity contribution in [1.82, 2.24) is 4.90 Å². The lowest BCUT2D eigenvalue weighted by molar-refractivity contribution is -0.112. The smallest absolute Gasteiger partial charge is 0.270 e. The van der Waals surface area contributed by atoms with Gasteiger partial charge in [-0.15, -0.1) is 0 Å². The predicted octanol–water partition coefficient (Wildman–Crippen LogP) is 2.05. The minimum Gasteiger partial charge on any atom is -0.384 e. The van der Waals surface area contributed by atoms with Crippen LogP contribution >= 0.6 is 0 Å². The number of nitriles is 1. The Morgan fingerprint density at radius 2 is 1.95 bits per heavy atom. The summed E-state index contributed by atoms with van der Waals surface area (Å²) in [6.07, 6.45) is 2.05. The van der Waals surface area contributed by atoms with Crippen LogP contribution in [0.3, 0.4) is 0 Å². The highest BCUT2D eigenvalue weighted by Gasteiger charge is 2.22. The number of piperidine rings is 1. The lowest BCUT2D eigenvalue weighted by Crippen LogP contribution is -2.37. The molecule has 5 nitrogen and oxygen atoms in total. The molecule has 1 fully saturated rings. The largest absolute Gasteiger partial charge is 0.384 e. The normalized spacial score (nSPS) is 16.9. The van der Waals surface area contributed by atoms with Crippen molar-refractivity contribution >= 4 is 11.6 Å². The third-order valence-corrected chi connectivity index (χ3v) is 3.75. The molecular weight excluding hydrogens is 264 g/mol. The Bertz CT molecular complexity index is 566. The van der Waals surface area contributed by atoms with Crippen LogP contribution in [0.15, 0.2) is 41.7 Å². The number of nitrogens with zero attached hydrogens (tertiary/aromatic N) is 2. The van der Waals surface area contributed by atoms with Crippen molar-refractivity contribution < 1.29 is 4.79 Å². The van der Waals surface area contributed by atoms with E-state index in [1.54, 1.807) is 12.1 Å². The summed E-state index contributed by atoms with van der Waals surface area (Å²) in [6.45, 7) is 3.78. The number of hydrogen-bond donors (Lipinski definition) is 2. The van der Waals surface area contributed by atoms with Crippen molar-refractivity contribution in [3.05, 3.63) is 41.7 Å². The minimum atomic E-state index is -0.458. The topological polar surface area (TPSA) is 82.2 Å². The molecule has 0 bridgehead atoms. The summed E-state index contributed by atoms with van der Waals surface area (Å²) < 4.78 is 0. The summed E-state index contributed by atoms with van der Waals surface area (Å²) in [5, 5.41) is 11.9. The van der Waals surface area contributed by atoms with Gasteiger partial charge in [-0.3, -0.25) is 4.79 Å². The summed E-state index contributed by atoms with van der Waals surface area (Å²) in [6, 6.07) is 11.0. The Balaban J connectivity index is 2.12. The fourth-order valence-corrected chi connectivity index (χ4v) is 2.35. The number of carbonyl (C=O) groups is 1. The Labute approximate surface area is 125 Å². The third-order valence-electron chi connectivity index (χ3n) is 3.75. The summed E-state index contributed by atoms with van der Waals surface area (Å²) in [4.78, 5) is 14.1. The fraction of sp³-hybridized carbons (Fsp3) is 0.375. The molecule has 1 saturated heterocycles. The molecule has 1 amide bonds. The first-order valence-electron chi connectivity index (χ1n) is 7.13. The van der Waals surface area contributed by atoms with Crippen molar-refractivity contribution in [1.29, 1.82) is 5.26 Å². The van der Waals surface area contributed by atoms with E-state index in [0.29, 0.717) is 11.6 Å². The molecule has 5 heteroatoms. The molecule has 0 spiro atoms. The van der Waals surface area contributed by atoms with E-state index in [4.69, 9.17) is 5.73 Å². The molecule has 21 heavy (non-hydrogen) atoms. The number of amides is 1. The average molecular weight is 284 g/mol. The van der Waals surface area contributed by atoms with Crippen LogP contribution in [0.5, 0.6) is 0 Å². The van der Waals surface area contributed by atoms with Crippen molar-refractivity contribution in [2.45, 2.75) is 19.8 Å². The zero-order chi connectivity index (χ0) is 15.2. The lowest BCUT2D eigenvalue weighted by Gasteiger charge is -2.32. The lowest BCUT2D eigenvalue weighted by atomic mass is 9.99. The average Bonchev–Trinajstić information content (AvgIpc) is 2.49. The van der Waals surface area contributed by atoms with E-state index in [1.165, 1.54) is 0 Å². The molecule has 0 saturated carbocycles. The Kier molecular flexibility index (Phi) is 4.83. The number of para-hydroxylation sites is 1. The molecule has 0 aliphatic carbocycles. The molecule has 0 unspecified atom stereocenters. The summed E-state index contributed by atoms with van der Waals surface area (Å²) in [5.41, 5.74) is 6.65. The van der Waals surface area contributed by atoms with E-state index in [2.05, 4.69) is 12.2 Å².